The highest BCUT2D eigenvalue weighted by Crippen LogP contribution is 2.29. The normalized spacial score (nSPS) is 23.5. The number of rotatable bonds is 4. The standard InChI is InChI=1S/C14H23N3/c1-12(13-5-4-9-16-11-13)17-10-3-2-6-14(17)7-8-15/h4-5,9,11-12,14H,2-3,6-8,10,15H2,1H3. The van der Waals surface area contributed by atoms with E-state index in [0.29, 0.717) is 12.1 Å². The smallest absolute Gasteiger partial charge is 0.0338 e. The molecule has 0 amide bonds. The zero-order valence-electron chi connectivity index (χ0n) is 10.7. The van der Waals surface area contributed by atoms with Gasteiger partial charge in [0.2, 0.25) is 0 Å². The molecule has 0 bridgehead atoms. The summed E-state index contributed by atoms with van der Waals surface area (Å²) >= 11 is 0. The lowest BCUT2D eigenvalue weighted by molar-refractivity contribution is 0.0982. The number of hydrogen-bond donors (Lipinski definition) is 1. The SMILES string of the molecule is CC(c1cccnc1)N1CCCCC1CCN. The summed E-state index contributed by atoms with van der Waals surface area (Å²) in [7, 11) is 0. The van der Waals surface area contributed by atoms with Crippen LogP contribution in [0.4, 0.5) is 0 Å². The van der Waals surface area contributed by atoms with Crippen molar-refractivity contribution in [1.29, 1.82) is 0 Å². The Kier molecular flexibility index (Phi) is 4.51. The summed E-state index contributed by atoms with van der Waals surface area (Å²) in [4.78, 5) is 6.82. The zero-order valence-corrected chi connectivity index (χ0v) is 10.7. The van der Waals surface area contributed by atoms with E-state index in [9.17, 15) is 0 Å². The van der Waals surface area contributed by atoms with Crippen molar-refractivity contribution in [3.05, 3.63) is 30.1 Å². The Morgan fingerprint density at radius 2 is 2.41 bits per heavy atom. The molecule has 1 aromatic rings. The molecule has 1 aromatic heterocycles. The van der Waals surface area contributed by atoms with Gasteiger partial charge in [-0.3, -0.25) is 9.88 Å². The Labute approximate surface area is 104 Å². The first kappa shape index (κ1) is 12.5. The molecule has 2 unspecified atom stereocenters. The third-order valence-electron chi connectivity index (χ3n) is 3.84. The van der Waals surface area contributed by atoms with Gasteiger partial charge in [-0.25, -0.2) is 0 Å². The highest BCUT2D eigenvalue weighted by atomic mass is 15.2. The molecule has 17 heavy (non-hydrogen) atoms. The molecule has 3 nitrogen and oxygen atoms in total. The van der Waals surface area contributed by atoms with E-state index in [1.165, 1.54) is 31.4 Å². The van der Waals surface area contributed by atoms with Gasteiger partial charge < -0.3 is 5.73 Å². The van der Waals surface area contributed by atoms with Gasteiger partial charge in [0.1, 0.15) is 0 Å². The molecule has 1 aliphatic heterocycles. The van der Waals surface area contributed by atoms with Crippen LogP contribution in [0.15, 0.2) is 24.5 Å². The first-order chi connectivity index (χ1) is 8.33. The second-order valence-electron chi connectivity index (χ2n) is 4.93. The van der Waals surface area contributed by atoms with Gasteiger partial charge in [-0.05, 0) is 50.9 Å². The van der Waals surface area contributed by atoms with Gasteiger partial charge in [0.05, 0.1) is 0 Å². The largest absolute Gasteiger partial charge is 0.330 e. The van der Waals surface area contributed by atoms with Crippen LogP contribution in [-0.4, -0.2) is 29.0 Å². The third kappa shape index (κ3) is 3.05. The van der Waals surface area contributed by atoms with E-state index in [4.69, 9.17) is 5.73 Å². The molecule has 0 saturated carbocycles. The Morgan fingerprint density at radius 1 is 1.53 bits per heavy atom. The van der Waals surface area contributed by atoms with Crippen LogP contribution >= 0.6 is 0 Å². The van der Waals surface area contributed by atoms with Crippen LogP contribution < -0.4 is 5.73 Å². The van der Waals surface area contributed by atoms with Crippen molar-refractivity contribution in [2.24, 2.45) is 5.73 Å². The average Bonchev–Trinajstić information content (AvgIpc) is 2.40. The summed E-state index contributed by atoms with van der Waals surface area (Å²) in [5.41, 5.74) is 7.04. The van der Waals surface area contributed by atoms with E-state index < -0.39 is 0 Å². The van der Waals surface area contributed by atoms with Crippen molar-refractivity contribution < 1.29 is 0 Å². The predicted octanol–water partition coefficient (Wildman–Crippen LogP) is 2.35. The lowest BCUT2D eigenvalue weighted by Gasteiger charge is -2.40. The van der Waals surface area contributed by atoms with Crippen molar-refractivity contribution in [3.8, 4) is 0 Å². The third-order valence-corrected chi connectivity index (χ3v) is 3.84. The van der Waals surface area contributed by atoms with E-state index >= 15 is 0 Å². The van der Waals surface area contributed by atoms with E-state index in [0.717, 1.165) is 13.0 Å². The Morgan fingerprint density at radius 3 is 3.12 bits per heavy atom. The van der Waals surface area contributed by atoms with E-state index in [1.807, 2.05) is 18.5 Å². The quantitative estimate of drug-likeness (QED) is 0.868. The minimum absolute atomic E-state index is 0.459. The fourth-order valence-electron chi connectivity index (χ4n) is 2.85. The van der Waals surface area contributed by atoms with Crippen LogP contribution in [0.2, 0.25) is 0 Å². The van der Waals surface area contributed by atoms with Gasteiger partial charge in [0, 0.05) is 24.5 Å². The molecule has 0 spiro atoms. The molecule has 1 aliphatic rings. The summed E-state index contributed by atoms with van der Waals surface area (Å²) in [6.07, 6.45) is 8.89. The number of nitrogens with zero attached hydrogens (tertiary/aromatic N) is 2. The van der Waals surface area contributed by atoms with Gasteiger partial charge in [-0.1, -0.05) is 12.5 Å². The molecule has 2 atom stereocenters. The second kappa shape index (κ2) is 6.12. The highest BCUT2D eigenvalue weighted by molar-refractivity contribution is 5.13. The molecule has 0 radical (unpaired) electrons. The van der Waals surface area contributed by atoms with Crippen molar-refractivity contribution >= 4 is 0 Å². The Bertz CT molecular complexity index is 323. The van der Waals surface area contributed by atoms with E-state index in [2.05, 4.69) is 22.9 Å². The topological polar surface area (TPSA) is 42.2 Å². The van der Waals surface area contributed by atoms with Crippen molar-refractivity contribution in [2.45, 2.75) is 44.7 Å². The lowest BCUT2D eigenvalue weighted by atomic mass is 9.95. The number of likely N-dealkylation sites (tertiary alicyclic amines) is 1. The van der Waals surface area contributed by atoms with E-state index in [1.54, 1.807) is 0 Å². The first-order valence-corrected chi connectivity index (χ1v) is 6.68. The lowest BCUT2D eigenvalue weighted by Crippen LogP contribution is -2.42. The van der Waals surface area contributed by atoms with E-state index in [-0.39, 0.29) is 0 Å². The number of hydrogen-bond acceptors (Lipinski definition) is 3. The zero-order chi connectivity index (χ0) is 12.1. The van der Waals surface area contributed by atoms with Crippen LogP contribution in [0, 0.1) is 0 Å². The molecule has 2 rings (SSSR count). The molecule has 0 aromatic carbocycles. The average molecular weight is 233 g/mol. The minimum Gasteiger partial charge on any atom is -0.330 e. The van der Waals surface area contributed by atoms with Gasteiger partial charge in [-0.2, -0.15) is 0 Å². The maximum Gasteiger partial charge on any atom is 0.0338 e. The molecule has 94 valence electrons. The maximum absolute atomic E-state index is 5.72. The molecule has 2 heterocycles. The summed E-state index contributed by atoms with van der Waals surface area (Å²) in [6.45, 7) is 4.27. The molecular formula is C14H23N3. The van der Waals surface area contributed by atoms with Crippen LogP contribution in [0.25, 0.3) is 0 Å². The Hall–Kier alpha value is -0.930. The molecule has 3 heteroatoms. The minimum atomic E-state index is 0.459. The fraction of sp³-hybridized carbons (Fsp3) is 0.643. The van der Waals surface area contributed by atoms with Gasteiger partial charge >= 0.3 is 0 Å². The highest BCUT2D eigenvalue weighted by Gasteiger charge is 2.26. The first-order valence-electron chi connectivity index (χ1n) is 6.68. The maximum atomic E-state index is 5.72. The number of pyridine rings is 1. The predicted molar refractivity (Wildman–Crippen MR) is 70.7 cm³/mol. The Balaban J connectivity index is 2.08. The monoisotopic (exact) mass is 233 g/mol. The van der Waals surface area contributed by atoms with Gasteiger partial charge in [0.25, 0.3) is 0 Å². The molecule has 1 fully saturated rings. The summed E-state index contributed by atoms with van der Waals surface area (Å²) in [5.74, 6) is 0. The van der Waals surface area contributed by atoms with Crippen LogP contribution in [0.5, 0.6) is 0 Å². The summed E-state index contributed by atoms with van der Waals surface area (Å²) in [6, 6.07) is 5.31. The fourth-order valence-corrected chi connectivity index (χ4v) is 2.85. The number of aromatic nitrogens is 1. The molecular weight excluding hydrogens is 210 g/mol. The van der Waals surface area contributed by atoms with Gasteiger partial charge in [-0.15, -0.1) is 0 Å². The molecule has 0 aliphatic carbocycles. The summed E-state index contributed by atoms with van der Waals surface area (Å²) in [5, 5.41) is 0. The van der Waals surface area contributed by atoms with Crippen molar-refractivity contribution in [2.75, 3.05) is 13.1 Å². The second-order valence-corrected chi connectivity index (χ2v) is 4.93. The number of piperidine rings is 1. The number of nitrogens with two attached hydrogens (primary N) is 1. The molecule has 1 saturated heterocycles. The molecule has 2 N–H and O–H groups in total. The van der Waals surface area contributed by atoms with Gasteiger partial charge in [0.15, 0.2) is 0 Å². The summed E-state index contributed by atoms with van der Waals surface area (Å²) < 4.78 is 0. The van der Waals surface area contributed by atoms with Crippen LogP contribution in [0.3, 0.4) is 0 Å². The van der Waals surface area contributed by atoms with Crippen LogP contribution in [0.1, 0.15) is 44.2 Å². The van der Waals surface area contributed by atoms with Crippen LogP contribution in [-0.2, 0) is 0 Å². The van der Waals surface area contributed by atoms with Crippen molar-refractivity contribution in [3.63, 3.8) is 0 Å². The van der Waals surface area contributed by atoms with Crippen molar-refractivity contribution in [1.82, 2.24) is 9.88 Å².